The molecule has 0 amide bonds. The SMILES string of the molecule is Cc1cccc(N2CCN(CC(=O)c3c(C)n(C)c4ccccc34)CC2)c1C. The lowest BCUT2D eigenvalue weighted by Gasteiger charge is -2.36. The van der Waals surface area contributed by atoms with Gasteiger partial charge in [-0.05, 0) is 44.0 Å². The molecule has 1 aliphatic rings. The standard InChI is InChI=1S/C24H29N3O/c1-17-8-7-11-21(18(17)2)27-14-12-26(13-15-27)16-23(28)24-19(3)25(4)22-10-6-5-9-20(22)24/h5-11H,12-16H2,1-4H3. The van der Waals surface area contributed by atoms with Crippen molar-refractivity contribution in [3.63, 3.8) is 0 Å². The maximum absolute atomic E-state index is 13.1. The molecule has 0 N–H and O–H groups in total. The Morgan fingerprint density at radius 2 is 1.64 bits per heavy atom. The van der Waals surface area contributed by atoms with Gasteiger partial charge in [-0.1, -0.05) is 30.3 Å². The predicted octanol–water partition coefficient (Wildman–Crippen LogP) is 4.11. The van der Waals surface area contributed by atoms with E-state index in [0.29, 0.717) is 6.54 Å². The average molecular weight is 376 g/mol. The summed E-state index contributed by atoms with van der Waals surface area (Å²) in [5, 5.41) is 1.07. The summed E-state index contributed by atoms with van der Waals surface area (Å²) in [5.74, 6) is 0.231. The van der Waals surface area contributed by atoms with Crippen LogP contribution < -0.4 is 4.90 Å². The van der Waals surface area contributed by atoms with Crippen LogP contribution in [0.2, 0.25) is 0 Å². The van der Waals surface area contributed by atoms with Crippen molar-refractivity contribution in [1.82, 2.24) is 9.47 Å². The highest BCUT2D eigenvalue weighted by molar-refractivity contribution is 6.10. The zero-order chi connectivity index (χ0) is 19.8. The third-order valence-corrected chi connectivity index (χ3v) is 6.33. The summed E-state index contributed by atoms with van der Waals surface area (Å²) in [6.07, 6.45) is 0. The lowest BCUT2D eigenvalue weighted by Crippen LogP contribution is -2.48. The van der Waals surface area contributed by atoms with Crippen molar-refractivity contribution in [3.05, 3.63) is 64.8 Å². The number of hydrogen-bond acceptors (Lipinski definition) is 3. The summed E-state index contributed by atoms with van der Waals surface area (Å²) in [6.45, 7) is 10.7. The van der Waals surface area contributed by atoms with Crippen LogP contribution in [0.5, 0.6) is 0 Å². The van der Waals surface area contributed by atoms with E-state index in [9.17, 15) is 4.79 Å². The van der Waals surface area contributed by atoms with Crippen LogP contribution in [0.1, 0.15) is 27.2 Å². The number of fused-ring (bicyclic) bond motifs is 1. The van der Waals surface area contributed by atoms with Gasteiger partial charge < -0.3 is 9.47 Å². The molecule has 1 aliphatic heterocycles. The number of rotatable bonds is 4. The second-order valence-electron chi connectivity index (χ2n) is 7.94. The molecule has 28 heavy (non-hydrogen) atoms. The first-order valence-corrected chi connectivity index (χ1v) is 10.1. The summed E-state index contributed by atoms with van der Waals surface area (Å²) < 4.78 is 2.13. The number of benzene rings is 2. The number of Topliss-reactive ketones (excluding diaryl/α,β-unsaturated/α-hetero) is 1. The Labute approximate surface area is 167 Å². The van der Waals surface area contributed by atoms with Crippen molar-refractivity contribution >= 4 is 22.4 Å². The van der Waals surface area contributed by atoms with Crippen LogP contribution in [0.15, 0.2) is 42.5 Å². The van der Waals surface area contributed by atoms with Crippen LogP contribution in [-0.2, 0) is 7.05 Å². The first-order chi connectivity index (χ1) is 13.5. The van der Waals surface area contributed by atoms with E-state index in [-0.39, 0.29) is 5.78 Å². The number of piperazine rings is 1. The molecule has 3 aromatic rings. The smallest absolute Gasteiger partial charge is 0.179 e. The Hall–Kier alpha value is -2.59. The molecule has 4 nitrogen and oxygen atoms in total. The van der Waals surface area contributed by atoms with E-state index in [1.807, 2.05) is 26.1 Å². The number of aryl methyl sites for hydroxylation is 2. The first-order valence-electron chi connectivity index (χ1n) is 10.1. The summed E-state index contributed by atoms with van der Waals surface area (Å²) >= 11 is 0. The molecule has 2 heterocycles. The van der Waals surface area contributed by atoms with Gasteiger partial charge in [-0.15, -0.1) is 0 Å². The third kappa shape index (κ3) is 3.22. The molecule has 0 atom stereocenters. The molecule has 4 heteroatoms. The molecule has 0 unspecified atom stereocenters. The molecule has 0 bridgehead atoms. The minimum atomic E-state index is 0.231. The van der Waals surface area contributed by atoms with E-state index >= 15 is 0 Å². The monoisotopic (exact) mass is 375 g/mol. The molecular weight excluding hydrogens is 346 g/mol. The topological polar surface area (TPSA) is 28.5 Å². The van der Waals surface area contributed by atoms with Crippen molar-refractivity contribution in [2.75, 3.05) is 37.6 Å². The van der Waals surface area contributed by atoms with Gasteiger partial charge in [-0.2, -0.15) is 0 Å². The summed E-state index contributed by atoms with van der Waals surface area (Å²) in [5.41, 5.74) is 7.09. The normalized spacial score (nSPS) is 15.4. The quantitative estimate of drug-likeness (QED) is 0.643. The van der Waals surface area contributed by atoms with Gasteiger partial charge in [0.25, 0.3) is 0 Å². The van der Waals surface area contributed by atoms with Crippen LogP contribution in [-0.4, -0.2) is 48.0 Å². The van der Waals surface area contributed by atoms with Gasteiger partial charge in [0.15, 0.2) is 5.78 Å². The highest BCUT2D eigenvalue weighted by Gasteiger charge is 2.24. The van der Waals surface area contributed by atoms with Gasteiger partial charge in [0.2, 0.25) is 0 Å². The molecule has 4 rings (SSSR count). The maximum atomic E-state index is 13.1. The number of aromatic nitrogens is 1. The van der Waals surface area contributed by atoms with Gasteiger partial charge in [0.1, 0.15) is 0 Å². The Balaban J connectivity index is 1.46. The zero-order valence-electron chi connectivity index (χ0n) is 17.3. The molecule has 2 aromatic carbocycles. The van der Waals surface area contributed by atoms with Gasteiger partial charge in [-0.3, -0.25) is 9.69 Å². The lowest BCUT2D eigenvalue weighted by molar-refractivity contribution is 0.0927. The molecule has 0 aliphatic carbocycles. The van der Waals surface area contributed by atoms with Crippen molar-refractivity contribution in [2.45, 2.75) is 20.8 Å². The number of carbonyl (C=O) groups excluding carboxylic acids is 1. The lowest BCUT2D eigenvalue weighted by atomic mass is 10.1. The Bertz CT molecular complexity index is 1030. The third-order valence-electron chi connectivity index (χ3n) is 6.33. The predicted molar refractivity (Wildman–Crippen MR) is 117 cm³/mol. The summed E-state index contributed by atoms with van der Waals surface area (Å²) in [6, 6.07) is 14.7. The van der Waals surface area contributed by atoms with E-state index in [1.54, 1.807) is 0 Å². The number of nitrogens with zero attached hydrogens (tertiary/aromatic N) is 3. The van der Waals surface area contributed by atoms with Gasteiger partial charge >= 0.3 is 0 Å². The van der Waals surface area contributed by atoms with Gasteiger partial charge in [-0.25, -0.2) is 0 Å². The second-order valence-corrected chi connectivity index (χ2v) is 7.94. The van der Waals surface area contributed by atoms with Crippen molar-refractivity contribution < 1.29 is 4.79 Å². The van der Waals surface area contributed by atoms with Gasteiger partial charge in [0, 0.05) is 61.1 Å². The van der Waals surface area contributed by atoms with Crippen LogP contribution in [0.3, 0.4) is 0 Å². The summed E-state index contributed by atoms with van der Waals surface area (Å²) in [7, 11) is 2.04. The van der Waals surface area contributed by atoms with Crippen LogP contribution in [0.4, 0.5) is 5.69 Å². The van der Waals surface area contributed by atoms with Crippen molar-refractivity contribution in [1.29, 1.82) is 0 Å². The fraction of sp³-hybridized carbons (Fsp3) is 0.375. The highest BCUT2D eigenvalue weighted by atomic mass is 16.1. The van der Waals surface area contributed by atoms with Crippen LogP contribution in [0, 0.1) is 20.8 Å². The fourth-order valence-electron chi connectivity index (χ4n) is 4.38. The summed E-state index contributed by atoms with van der Waals surface area (Å²) in [4.78, 5) is 17.9. The molecule has 1 saturated heterocycles. The molecule has 1 fully saturated rings. The Morgan fingerprint density at radius 3 is 2.39 bits per heavy atom. The van der Waals surface area contributed by atoms with E-state index in [4.69, 9.17) is 0 Å². The largest absolute Gasteiger partial charge is 0.369 e. The zero-order valence-corrected chi connectivity index (χ0v) is 17.3. The molecular formula is C24H29N3O. The van der Waals surface area contributed by atoms with E-state index in [1.165, 1.54) is 16.8 Å². The molecule has 0 spiro atoms. The minimum absolute atomic E-state index is 0.231. The van der Waals surface area contributed by atoms with E-state index in [2.05, 4.69) is 58.5 Å². The molecule has 146 valence electrons. The van der Waals surface area contributed by atoms with Crippen LogP contribution in [0.25, 0.3) is 10.9 Å². The van der Waals surface area contributed by atoms with E-state index < -0.39 is 0 Å². The Kier molecular flexibility index (Phi) is 4.98. The van der Waals surface area contributed by atoms with Crippen molar-refractivity contribution in [2.24, 2.45) is 7.05 Å². The van der Waals surface area contributed by atoms with Gasteiger partial charge in [0.05, 0.1) is 6.54 Å². The van der Waals surface area contributed by atoms with Crippen LogP contribution >= 0.6 is 0 Å². The number of anilines is 1. The molecule has 0 saturated carbocycles. The number of ketones is 1. The second kappa shape index (κ2) is 7.44. The average Bonchev–Trinajstić information content (AvgIpc) is 2.96. The molecule has 1 aromatic heterocycles. The Morgan fingerprint density at radius 1 is 0.929 bits per heavy atom. The molecule has 0 radical (unpaired) electrons. The van der Waals surface area contributed by atoms with E-state index in [0.717, 1.165) is 48.3 Å². The highest BCUT2D eigenvalue weighted by Crippen LogP contribution is 2.26. The first kappa shape index (κ1) is 18.8. The maximum Gasteiger partial charge on any atom is 0.179 e. The minimum Gasteiger partial charge on any atom is -0.369 e. The fourth-order valence-corrected chi connectivity index (χ4v) is 4.38. The number of hydrogen-bond donors (Lipinski definition) is 0. The number of carbonyl (C=O) groups is 1. The van der Waals surface area contributed by atoms with Crippen molar-refractivity contribution in [3.8, 4) is 0 Å². The number of para-hydroxylation sites is 1.